The zero-order valence-electron chi connectivity index (χ0n) is 14.6. The normalized spacial score (nSPS) is 10.7. The number of hydrogen-bond donors (Lipinski definition) is 1. The van der Waals surface area contributed by atoms with Gasteiger partial charge in [-0.25, -0.2) is 4.98 Å². The highest BCUT2D eigenvalue weighted by molar-refractivity contribution is 5.91. The van der Waals surface area contributed by atoms with Crippen LogP contribution in [-0.2, 0) is 11.3 Å². The summed E-state index contributed by atoms with van der Waals surface area (Å²) in [6.45, 7) is 2.65. The quantitative estimate of drug-likeness (QED) is 0.663. The number of ether oxygens (including phenoxy) is 1. The number of nitrogens with one attached hydrogen (secondary N) is 1. The van der Waals surface area contributed by atoms with Crippen LogP contribution in [-0.4, -0.2) is 22.1 Å². The summed E-state index contributed by atoms with van der Waals surface area (Å²) in [7, 11) is 0. The van der Waals surface area contributed by atoms with Gasteiger partial charge in [0.1, 0.15) is 12.3 Å². The maximum Gasteiger partial charge on any atom is 0.261 e. The van der Waals surface area contributed by atoms with Gasteiger partial charge in [-0.2, -0.15) is 0 Å². The summed E-state index contributed by atoms with van der Waals surface area (Å²) in [5.74, 6) is 0.413. The van der Waals surface area contributed by atoms with Crippen molar-refractivity contribution in [2.45, 2.75) is 26.3 Å². The van der Waals surface area contributed by atoms with Crippen molar-refractivity contribution in [3.8, 4) is 5.75 Å². The second kappa shape index (κ2) is 8.29. The number of rotatable bonds is 7. The third kappa shape index (κ3) is 4.27. The van der Waals surface area contributed by atoms with Crippen molar-refractivity contribution in [2.75, 3.05) is 11.9 Å². The molecule has 3 aromatic rings. The molecule has 134 valence electrons. The summed E-state index contributed by atoms with van der Waals surface area (Å²) < 4.78 is 6.94. The average Bonchev–Trinajstić information content (AvgIpc) is 2.65. The molecule has 3 rings (SSSR count). The maximum atomic E-state index is 12.4. The monoisotopic (exact) mass is 351 g/mol. The Balaban J connectivity index is 1.68. The fraction of sp³-hybridized carbons (Fsp3) is 0.250. The van der Waals surface area contributed by atoms with Crippen molar-refractivity contribution in [1.82, 2.24) is 9.55 Å². The molecular weight excluding hydrogens is 330 g/mol. The van der Waals surface area contributed by atoms with Gasteiger partial charge in [-0.05, 0) is 30.7 Å². The second-order valence-corrected chi connectivity index (χ2v) is 5.97. The highest BCUT2D eigenvalue weighted by Gasteiger charge is 2.08. The minimum absolute atomic E-state index is 0.0996. The maximum absolute atomic E-state index is 12.4. The molecule has 0 aliphatic carbocycles. The molecule has 0 atom stereocenters. The summed E-state index contributed by atoms with van der Waals surface area (Å²) in [6, 6.07) is 14.3. The van der Waals surface area contributed by atoms with Crippen LogP contribution in [0.2, 0.25) is 0 Å². The number of carbonyl (C=O) groups excluding carboxylic acids is 1. The molecule has 0 aliphatic rings. The van der Waals surface area contributed by atoms with E-state index in [1.54, 1.807) is 30.3 Å². The molecule has 1 heterocycles. The third-order valence-corrected chi connectivity index (χ3v) is 3.93. The minimum Gasteiger partial charge on any atom is -0.494 e. The number of unbranched alkanes of at least 4 members (excludes halogenated alkanes) is 1. The molecule has 0 saturated carbocycles. The molecule has 0 unspecified atom stereocenters. The Morgan fingerprint density at radius 1 is 1.19 bits per heavy atom. The Kier molecular flexibility index (Phi) is 5.63. The number of fused-ring (bicyclic) bond motifs is 1. The number of amides is 1. The first-order chi connectivity index (χ1) is 12.7. The fourth-order valence-electron chi connectivity index (χ4n) is 2.57. The molecule has 0 bridgehead atoms. The van der Waals surface area contributed by atoms with Gasteiger partial charge in [0.15, 0.2) is 0 Å². The zero-order chi connectivity index (χ0) is 18.4. The van der Waals surface area contributed by atoms with Gasteiger partial charge in [0, 0.05) is 11.8 Å². The van der Waals surface area contributed by atoms with Crippen LogP contribution in [0, 0.1) is 0 Å². The lowest BCUT2D eigenvalue weighted by molar-refractivity contribution is -0.116. The average molecular weight is 351 g/mol. The molecule has 0 radical (unpaired) electrons. The molecule has 6 heteroatoms. The standard InChI is InChI=1S/C20H21N3O3/c1-2-3-11-26-16-8-6-7-15(12-16)22-19(24)13-23-14-21-18-10-5-4-9-17(18)20(23)25/h4-10,12,14H,2-3,11,13H2,1H3,(H,22,24). The van der Waals surface area contributed by atoms with Crippen LogP contribution in [0.3, 0.4) is 0 Å². The van der Waals surface area contributed by atoms with Crippen LogP contribution in [0.1, 0.15) is 19.8 Å². The zero-order valence-corrected chi connectivity index (χ0v) is 14.6. The van der Waals surface area contributed by atoms with E-state index in [0.717, 1.165) is 12.8 Å². The van der Waals surface area contributed by atoms with Crippen molar-refractivity contribution < 1.29 is 9.53 Å². The second-order valence-electron chi connectivity index (χ2n) is 5.97. The van der Waals surface area contributed by atoms with E-state index in [1.807, 2.05) is 18.2 Å². The number of benzene rings is 2. The molecule has 0 fully saturated rings. The van der Waals surface area contributed by atoms with Crippen LogP contribution in [0.25, 0.3) is 10.9 Å². The largest absolute Gasteiger partial charge is 0.494 e. The predicted octanol–water partition coefficient (Wildman–Crippen LogP) is 3.21. The summed E-state index contributed by atoms with van der Waals surface area (Å²) in [5, 5.41) is 3.28. The molecule has 0 saturated heterocycles. The summed E-state index contributed by atoms with van der Waals surface area (Å²) in [5.41, 5.74) is 1.01. The fourth-order valence-corrected chi connectivity index (χ4v) is 2.57. The molecule has 0 spiro atoms. The van der Waals surface area contributed by atoms with E-state index in [0.29, 0.717) is 28.9 Å². The van der Waals surface area contributed by atoms with E-state index >= 15 is 0 Å². The first kappa shape index (κ1) is 17.7. The Bertz CT molecular complexity index is 966. The van der Waals surface area contributed by atoms with Crippen molar-refractivity contribution in [1.29, 1.82) is 0 Å². The number of nitrogens with zero attached hydrogens (tertiary/aromatic N) is 2. The van der Waals surface area contributed by atoms with E-state index in [9.17, 15) is 9.59 Å². The van der Waals surface area contributed by atoms with Gasteiger partial charge in [-0.15, -0.1) is 0 Å². The lowest BCUT2D eigenvalue weighted by atomic mass is 10.2. The Labute approximate surface area is 151 Å². The first-order valence-electron chi connectivity index (χ1n) is 8.64. The summed E-state index contributed by atoms with van der Waals surface area (Å²) in [6.07, 6.45) is 3.44. The number of para-hydroxylation sites is 1. The van der Waals surface area contributed by atoms with Gasteiger partial charge < -0.3 is 10.1 Å². The van der Waals surface area contributed by atoms with Crippen LogP contribution >= 0.6 is 0 Å². The topological polar surface area (TPSA) is 73.2 Å². The van der Waals surface area contributed by atoms with Gasteiger partial charge in [0.05, 0.1) is 23.8 Å². The number of hydrogen-bond acceptors (Lipinski definition) is 4. The van der Waals surface area contributed by atoms with Crippen LogP contribution in [0.5, 0.6) is 5.75 Å². The van der Waals surface area contributed by atoms with Crippen LogP contribution in [0.4, 0.5) is 5.69 Å². The van der Waals surface area contributed by atoms with Gasteiger partial charge in [0.25, 0.3) is 5.56 Å². The van der Waals surface area contributed by atoms with E-state index in [-0.39, 0.29) is 18.0 Å². The van der Waals surface area contributed by atoms with Gasteiger partial charge in [-0.1, -0.05) is 31.5 Å². The van der Waals surface area contributed by atoms with E-state index < -0.39 is 0 Å². The SMILES string of the molecule is CCCCOc1cccc(NC(=O)Cn2cnc3ccccc3c2=O)c1. The van der Waals surface area contributed by atoms with Crippen molar-refractivity contribution in [3.05, 3.63) is 65.2 Å². The highest BCUT2D eigenvalue weighted by atomic mass is 16.5. The molecule has 2 aromatic carbocycles. The van der Waals surface area contributed by atoms with Crippen LogP contribution < -0.4 is 15.6 Å². The number of carbonyl (C=O) groups is 1. The van der Waals surface area contributed by atoms with E-state index in [4.69, 9.17) is 4.74 Å². The van der Waals surface area contributed by atoms with E-state index in [1.165, 1.54) is 10.9 Å². The van der Waals surface area contributed by atoms with E-state index in [2.05, 4.69) is 17.2 Å². The Hall–Kier alpha value is -3.15. The van der Waals surface area contributed by atoms with Crippen molar-refractivity contribution >= 4 is 22.5 Å². The Morgan fingerprint density at radius 3 is 2.88 bits per heavy atom. The molecular formula is C20H21N3O3. The number of anilines is 1. The third-order valence-electron chi connectivity index (χ3n) is 3.93. The number of aromatic nitrogens is 2. The first-order valence-corrected chi connectivity index (χ1v) is 8.64. The lowest BCUT2D eigenvalue weighted by Crippen LogP contribution is -2.27. The highest BCUT2D eigenvalue weighted by Crippen LogP contribution is 2.17. The molecule has 0 aliphatic heterocycles. The summed E-state index contributed by atoms with van der Waals surface area (Å²) in [4.78, 5) is 29.0. The molecule has 1 N–H and O–H groups in total. The summed E-state index contributed by atoms with van der Waals surface area (Å²) >= 11 is 0. The Morgan fingerprint density at radius 2 is 2.04 bits per heavy atom. The van der Waals surface area contributed by atoms with Crippen molar-refractivity contribution in [3.63, 3.8) is 0 Å². The minimum atomic E-state index is -0.296. The van der Waals surface area contributed by atoms with Crippen LogP contribution in [0.15, 0.2) is 59.7 Å². The van der Waals surface area contributed by atoms with Crippen molar-refractivity contribution in [2.24, 2.45) is 0 Å². The molecule has 6 nitrogen and oxygen atoms in total. The van der Waals surface area contributed by atoms with Gasteiger partial charge >= 0.3 is 0 Å². The molecule has 1 aromatic heterocycles. The lowest BCUT2D eigenvalue weighted by Gasteiger charge is -2.10. The smallest absolute Gasteiger partial charge is 0.261 e. The molecule has 26 heavy (non-hydrogen) atoms. The molecule has 1 amide bonds. The van der Waals surface area contributed by atoms with Gasteiger partial charge in [-0.3, -0.25) is 14.2 Å². The van der Waals surface area contributed by atoms with Gasteiger partial charge in [0.2, 0.25) is 5.91 Å². The predicted molar refractivity (Wildman–Crippen MR) is 101 cm³/mol.